The molecule has 0 saturated heterocycles. The molecule has 0 bridgehead atoms. The van der Waals surface area contributed by atoms with Crippen LogP contribution in [0.3, 0.4) is 0 Å². The van der Waals surface area contributed by atoms with E-state index in [0.29, 0.717) is 0 Å². The Bertz CT molecular complexity index is 2430. The summed E-state index contributed by atoms with van der Waals surface area (Å²) in [6, 6.07) is 43.1. The predicted octanol–water partition coefficient (Wildman–Crippen LogP) is 10.7. The molecule has 0 atom stereocenters. The van der Waals surface area contributed by atoms with Gasteiger partial charge in [0, 0.05) is 32.8 Å². The summed E-state index contributed by atoms with van der Waals surface area (Å²) in [5.74, 6) is 0.895. The van der Waals surface area contributed by atoms with Crippen molar-refractivity contribution in [2.45, 2.75) is 6.92 Å². The molecule has 0 N–H and O–H groups in total. The molecule has 5 aromatic carbocycles. The van der Waals surface area contributed by atoms with Crippen LogP contribution in [0.4, 0.5) is 0 Å². The number of fused-ring (bicyclic) bond motifs is 8. The van der Waals surface area contributed by atoms with Gasteiger partial charge in [-0.2, -0.15) is 0 Å². The second kappa shape index (κ2) is 10.0. The molecule has 0 aliphatic heterocycles. The third-order valence-electron chi connectivity index (χ3n) is 8.43. The number of pyridine rings is 1. The van der Waals surface area contributed by atoms with Crippen molar-refractivity contribution in [2.75, 3.05) is 0 Å². The highest BCUT2D eigenvalue weighted by molar-refractivity contribution is 6.26. The summed E-state index contributed by atoms with van der Waals surface area (Å²) in [6.45, 7) is 6.24. The number of nitrogens with zero attached hydrogens (tertiary/aromatic N) is 3. The maximum atomic E-state index is 5.29. The van der Waals surface area contributed by atoms with Crippen LogP contribution in [-0.2, 0) is 0 Å². The SMILES string of the molecule is C=C/C(=C\C=C/C)n1c2ccccc2c2ccc3c(c4ccccc4n3-c3cccc(-c4cccc5ccccc45)n3)c21. The highest BCUT2D eigenvalue weighted by Crippen LogP contribution is 2.42. The Kier molecular flexibility index (Phi) is 5.83. The molecular formula is C40H29N3. The first-order chi connectivity index (χ1) is 21.3. The van der Waals surface area contributed by atoms with Crippen LogP contribution < -0.4 is 0 Å². The summed E-state index contributed by atoms with van der Waals surface area (Å²) < 4.78 is 4.67. The fourth-order valence-electron chi connectivity index (χ4n) is 6.60. The van der Waals surface area contributed by atoms with Crippen LogP contribution in [0.2, 0.25) is 0 Å². The van der Waals surface area contributed by atoms with Crippen LogP contribution in [0.15, 0.2) is 152 Å². The molecule has 3 aromatic heterocycles. The van der Waals surface area contributed by atoms with Crippen molar-refractivity contribution in [3.05, 3.63) is 152 Å². The molecule has 0 spiro atoms. The lowest BCUT2D eigenvalue weighted by atomic mass is 10.0. The van der Waals surface area contributed by atoms with Crippen LogP contribution in [0.5, 0.6) is 0 Å². The number of hydrogen-bond acceptors (Lipinski definition) is 1. The van der Waals surface area contributed by atoms with Crippen LogP contribution >= 0.6 is 0 Å². The van der Waals surface area contributed by atoms with Gasteiger partial charge in [0.15, 0.2) is 0 Å². The second-order valence-electron chi connectivity index (χ2n) is 10.8. The average Bonchev–Trinajstić information content (AvgIpc) is 3.58. The second-order valence-corrected chi connectivity index (χ2v) is 10.8. The maximum absolute atomic E-state index is 5.29. The molecule has 8 aromatic rings. The molecule has 0 fully saturated rings. The minimum atomic E-state index is 0.895. The molecule has 204 valence electrons. The van der Waals surface area contributed by atoms with Crippen LogP contribution in [0, 0.1) is 0 Å². The third-order valence-corrected chi connectivity index (χ3v) is 8.43. The van der Waals surface area contributed by atoms with E-state index in [4.69, 9.17) is 4.98 Å². The molecule has 8 rings (SSSR count). The van der Waals surface area contributed by atoms with Gasteiger partial charge in [0.25, 0.3) is 0 Å². The molecular weight excluding hydrogens is 522 g/mol. The quantitative estimate of drug-likeness (QED) is 0.195. The van der Waals surface area contributed by atoms with E-state index in [1.54, 1.807) is 0 Å². The van der Waals surface area contributed by atoms with Gasteiger partial charge in [-0.05, 0) is 60.2 Å². The summed E-state index contributed by atoms with van der Waals surface area (Å²) in [5.41, 5.74) is 7.70. The van der Waals surface area contributed by atoms with Gasteiger partial charge in [-0.3, -0.25) is 4.57 Å². The zero-order chi connectivity index (χ0) is 28.9. The summed E-state index contributed by atoms with van der Waals surface area (Å²) in [5, 5.41) is 7.25. The number of para-hydroxylation sites is 2. The largest absolute Gasteiger partial charge is 0.309 e. The van der Waals surface area contributed by atoms with Gasteiger partial charge in [-0.1, -0.05) is 110 Å². The van der Waals surface area contributed by atoms with Crippen LogP contribution in [0.25, 0.3) is 77.2 Å². The van der Waals surface area contributed by atoms with Gasteiger partial charge < -0.3 is 4.57 Å². The fraction of sp³-hybridized carbons (Fsp3) is 0.0250. The molecule has 0 aliphatic rings. The van der Waals surface area contributed by atoms with Gasteiger partial charge >= 0.3 is 0 Å². The van der Waals surface area contributed by atoms with Crippen molar-refractivity contribution >= 4 is 60.1 Å². The zero-order valence-electron chi connectivity index (χ0n) is 23.9. The van der Waals surface area contributed by atoms with Gasteiger partial charge in [-0.15, -0.1) is 0 Å². The Labute approximate surface area is 249 Å². The predicted molar refractivity (Wildman–Crippen MR) is 184 cm³/mol. The van der Waals surface area contributed by atoms with E-state index in [-0.39, 0.29) is 0 Å². The van der Waals surface area contributed by atoms with Gasteiger partial charge in [-0.25, -0.2) is 4.98 Å². The zero-order valence-corrected chi connectivity index (χ0v) is 23.9. The topological polar surface area (TPSA) is 22.8 Å². The van der Waals surface area contributed by atoms with E-state index in [1.165, 1.54) is 37.8 Å². The molecule has 0 amide bonds. The molecule has 43 heavy (non-hydrogen) atoms. The lowest BCUT2D eigenvalue weighted by Crippen LogP contribution is -1.99. The van der Waals surface area contributed by atoms with Crippen molar-refractivity contribution in [3.8, 4) is 17.1 Å². The Morgan fingerprint density at radius 2 is 1.37 bits per heavy atom. The highest BCUT2D eigenvalue weighted by Gasteiger charge is 2.21. The van der Waals surface area contributed by atoms with Crippen LogP contribution in [0.1, 0.15) is 6.92 Å². The summed E-state index contributed by atoms with van der Waals surface area (Å²) in [6.07, 6.45) is 8.20. The summed E-state index contributed by atoms with van der Waals surface area (Å²) >= 11 is 0. The van der Waals surface area contributed by atoms with Crippen molar-refractivity contribution in [2.24, 2.45) is 0 Å². The Hall–Kier alpha value is -5.67. The molecule has 3 nitrogen and oxygen atoms in total. The Morgan fingerprint density at radius 3 is 2.21 bits per heavy atom. The Morgan fingerprint density at radius 1 is 0.651 bits per heavy atom. The first kappa shape index (κ1) is 25.1. The molecule has 0 radical (unpaired) electrons. The van der Waals surface area contributed by atoms with E-state index < -0.39 is 0 Å². The summed E-state index contributed by atoms with van der Waals surface area (Å²) in [7, 11) is 0. The van der Waals surface area contributed by atoms with Crippen molar-refractivity contribution in [1.29, 1.82) is 0 Å². The van der Waals surface area contributed by atoms with Crippen molar-refractivity contribution < 1.29 is 0 Å². The lowest BCUT2D eigenvalue weighted by molar-refractivity contribution is 1.08. The van der Waals surface area contributed by atoms with Crippen LogP contribution in [-0.4, -0.2) is 14.1 Å². The molecule has 0 aliphatic carbocycles. The summed E-state index contributed by atoms with van der Waals surface area (Å²) in [4.78, 5) is 5.29. The maximum Gasteiger partial charge on any atom is 0.138 e. The monoisotopic (exact) mass is 551 g/mol. The first-order valence-electron chi connectivity index (χ1n) is 14.6. The van der Waals surface area contributed by atoms with E-state index in [2.05, 4.69) is 149 Å². The molecule has 3 heteroatoms. The minimum absolute atomic E-state index is 0.895. The standard InChI is InChI=1S/C40H29N3/c1-3-5-16-28(4-2)42-35-22-10-8-18-31(35)32-25-26-37-39(40(32)42)33-19-9-11-23-36(33)43(37)38-24-13-21-34(41-38)30-20-12-15-27-14-6-7-17-29(27)30/h3-26H,2H2,1H3/b5-3-,28-16+. The number of benzene rings is 5. The lowest BCUT2D eigenvalue weighted by Gasteiger charge is -2.11. The number of hydrogen-bond donors (Lipinski definition) is 0. The van der Waals surface area contributed by atoms with E-state index in [0.717, 1.165) is 39.3 Å². The van der Waals surface area contributed by atoms with Gasteiger partial charge in [0.05, 0.1) is 27.8 Å². The average molecular weight is 552 g/mol. The Balaban J connectivity index is 1.48. The first-order valence-corrected chi connectivity index (χ1v) is 14.6. The van der Waals surface area contributed by atoms with Gasteiger partial charge in [0.1, 0.15) is 5.82 Å². The number of allylic oxidation sites excluding steroid dienone is 5. The van der Waals surface area contributed by atoms with Crippen molar-refractivity contribution in [3.63, 3.8) is 0 Å². The molecule has 0 saturated carbocycles. The number of rotatable bonds is 5. The van der Waals surface area contributed by atoms with E-state index >= 15 is 0 Å². The smallest absolute Gasteiger partial charge is 0.138 e. The molecule has 3 heterocycles. The minimum Gasteiger partial charge on any atom is -0.309 e. The van der Waals surface area contributed by atoms with E-state index in [9.17, 15) is 0 Å². The normalized spacial score (nSPS) is 12.4. The van der Waals surface area contributed by atoms with Crippen molar-refractivity contribution in [1.82, 2.24) is 14.1 Å². The number of aromatic nitrogens is 3. The molecule has 0 unspecified atom stereocenters. The third kappa shape index (κ3) is 3.79. The van der Waals surface area contributed by atoms with E-state index in [1.807, 2.05) is 19.1 Å². The van der Waals surface area contributed by atoms with Gasteiger partial charge in [0.2, 0.25) is 0 Å². The fourth-order valence-corrected chi connectivity index (χ4v) is 6.60. The highest BCUT2D eigenvalue weighted by atomic mass is 15.1.